The van der Waals surface area contributed by atoms with Gasteiger partial charge in [0.1, 0.15) is 17.6 Å². The van der Waals surface area contributed by atoms with Gasteiger partial charge < -0.3 is 19.3 Å². The van der Waals surface area contributed by atoms with E-state index in [4.69, 9.17) is 19.7 Å². The number of hydrogen-bond acceptors (Lipinski definition) is 6. The Hall–Kier alpha value is -3.12. The standard InChI is InChI=1S/C26H32N6O3/c1-34-22-10-17(2-3-19(22)13-27)14-35-21-6-8-31(9-7-21)25(33)32-15-26(16-32)11-20(12-26)24-28-23(29-30-24)18-4-5-18/h2-3,10,18,20-21H,4-9,11-12,14-16H2,1H3,(H,28,29,30). The lowest BCUT2D eigenvalue weighted by Gasteiger charge is -2.59. The molecule has 2 saturated carbocycles. The molecule has 1 N–H and O–H groups in total. The Kier molecular flexibility index (Phi) is 5.64. The number of likely N-dealkylation sites (tertiary alicyclic amines) is 2. The quantitative estimate of drug-likeness (QED) is 0.683. The molecule has 184 valence electrons. The van der Waals surface area contributed by atoms with Gasteiger partial charge in [0, 0.05) is 43.4 Å². The minimum atomic E-state index is 0.137. The molecular formula is C26H32N6O3. The highest BCUT2D eigenvalue weighted by Gasteiger charge is 2.55. The van der Waals surface area contributed by atoms with Gasteiger partial charge in [0.2, 0.25) is 0 Å². The van der Waals surface area contributed by atoms with Crippen LogP contribution in [0.15, 0.2) is 18.2 Å². The fourth-order valence-electron chi connectivity index (χ4n) is 5.88. The van der Waals surface area contributed by atoms with Crippen LogP contribution in [0, 0.1) is 16.7 Å². The van der Waals surface area contributed by atoms with Crippen molar-refractivity contribution in [1.82, 2.24) is 25.0 Å². The molecule has 0 radical (unpaired) electrons. The molecule has 6 rings (SSSR count). The Labute approximate surface area is 205 Å². The van der Waals surface area contributed by atoms with Gasteiger partial charge in [-0.05, 0) is 56.2 Å². The van der Waals surface area contributed by atoms with Crippen LogP contribution in [0.25, 0.3) is 0 Å². The summed E-state index contributed by atoms with van der Waals surface area (Å²) in [6.07, 6.45) is 6.47. The van der Waals surface area contributed by atoms with Crippen molar-refractivity contribution >= 4 is 6.03 Å². The molecule has 2 aliphatic carbocycles. The van der Waals surface area contributed by atoms with Gasteiger partial charge in [-0.25, -0.2) is 9.78 Å². The number of nitrogens with zero attached hydrogens (tertiary/aromatic N) is 5. The molecule has 35 heavy (non-hydrogen) atoms. The predicted molar refractivity (Wildman–Crippen MR) is 127 cm³/mol. The summed E-state index contributed by atoms with van der Waals surface area (Å²) in [5.74, 6) is 3.66. The Morgan fingerprint density at radius 3 is 2.63 bits per heavy atom. The molecule has 9 heteroatoms. The number of carbonyl (C=O) groups is 1. The van der Waals surface area contributed by atoms with Gasteiger partial charge in [0.25, 0.3) is 0 Å². The van der Waals surface area contributed by atoms with Crippen LogP contribution in [0.4, 0.5) is 4.79 Å². The second-order valence-corrected chi connectivity index (χ2v) is 10.7. The zero-order valence-electron chi connectivity index (χ0n) is 20.2. The molecule has 9 nitrogen and oxygen atoms in total. The molecule has 2 saturated heterocycles. The second kappa shape index (κ2) is 8.83. The number of aromatic nitrogens is 3. The third kappa shape index (κ3) is 4.36. The van der Waals surface area contributed by atoms with Gasteiger partial charge in [0.05, 0.1) is 25.4 Å². The number of urea groups is 1. The second-order valence-electron chi connectivity index (χ2n) is 10.7. The lowest BCUT2D eigenvalue weighted by atomic mass is 9.57. The maximum Gasteiger partial charge on any atom is 0.320 e. The van der Waals surface area contributed by atoms with Gasteiger partial charge in [0.15, 0.2) is 5.82 Å². The molecule has 0 bridgehead atoms. The van der Waals surface area contributed by atoms with E-state index in [1.165, 1.54) is 12.8 Å². The first kappa shape index (κ1) is 22.4. The van der Waals surface area contributed by atoms with E-state index in [0.717, 1.165) is 69.1 Å². The lowest BCUT2D eigenvalue weighted by molar-refractivity contribution is -0.0610. The van der Waals surface area contributed by atoms with E-state index in [9.17, 15) is 4.79 Å². The highest BCUT2D eigenvalue weighted by molar-refractivity contribution is 5.75. The van der Waals surface area contributed by atoms with Crippen molar-refractivity contribution in [1.29, 1.82) is 5.26 Å². The van der Waals surface area contributed by atoms with Crippen molar-refractivity contribution in [3.05, 3.63) is 41.0 Å². The van der Waals surface area contributed by atoms with Gasteiger partial charge in [-0.15, -0.1) is 0 Å². The average Bonchev–Trinajstić information content (AvgIpc) is 3.58. The largest absolute Gasteiger partial charge is 0.495 e. The summed E-state index contributed by atoms with van der Waals surface area (Å²) >= 11 is 0. The van der Waals surface area contributed by atoms with Crippen molar-refractivity contribution in [3.63, 3.8) is 0 Å². The zero-order valence-corrected chi connectivity index (χ0v) is 20.2. The number of amides is 2. The number of H-pyrrole nitrogens is 1. The molecule has 3 heterocycles. The minimum absolute atomic E-state index is 0.137. The summed E-state index contributed by atoms with van der Waals surface area (Å²) in [6.45, 7) is 3.66. The van der Waals surface area contributed by atoms with E-state index in [2.05, 4.69) is 16.3 Å². The van der Waals surface area contributed by atoms with Crippen molar-refractivity contribution in [3.8, 4) is 11.8 Å². The van der Waals surface area contributed by atoms with Crippen LogP contribution in [-0.2, 0) is 11.3 Å². The number of nitriles is 1. The summed E-state index contributed by atoms with van der Waals surface area (Å²) in [5.41, 5.74) is 1.79. The molecule has 1 aromatic heterocycles. The summed E-state index contributed by atoms with van der Waals surface area (Å²) in [7, 11) is 1.57. The number of benzene rings is 1. The fraction of sp³-hybridized carbons (Fsp3) is 0.615. The molecule has 2 amide bonds. The topological polar surface area (TPSA) is 107 Å². The van der Waals surface area contributed by atoms with E-state index in [1.54, 1.807) is 13.2 Å². The van der Waals surface area contributed by atoms with Crippen LogP contribution in [0.2, 0.25) is 0 Å². The number of carbonyl (C=O) groups excluding carboxylic acids is 1. The number of piperidine rings is 1. The van der Waals surface area contributed by atoms with Crippen LogP contribution in [-0.4, -0.2) is 70.4 Å². The minimum Gasteiger partial charge on any atom is -0.495 e. The number of ether oxygens (including phenoxy) is 2. The van der Waals surface area contributed by atoms with Gasteiger partial charge >= 0.3 is 6.03 Å². The maximum atomic E-state index is 13.0. The fourth-order valence-corrected chi connectivity index (χ4v) is 5.88. The van der Waals surface area contributed by atoms with E-state index >= 15 is 0 Å². The summed E-state index contributed by atoms with van der Waals surface area (Å²) in [6, 6.07) is 7.82. The molecule has 1 spiro atoms. The van der Waals surface area contributed by atoms with Crippen molar-refractivity contribution < 1.29 is 14.3 Å². The Morgan fingerprint density at radius 1 is 1.17 bits per heavy atom. The normalized spacial score (nSPS) is 21.9. The molecule has 4 fully saturated rings. The van der Waals surface area contributed by atoms with Gasteiger partial charge in [-0.3, -0.25) is 5.10 Å². The van der Waals surface area contributed by atoms with Gasteiger partial charge in [-0.2, -0.15) is 10.4 Å². The Bertz CT molecular complexity index is 1130. The third-order valence-electron chi connectivity index (χ3n) is 8.12. The Balaban J connectivity index is 0.924. The van der Waals surface area contributed by atoms with Crippen molar-refractivity contribution in [2.24, 2.45) is 5.41 Å². The predicted octanol–water partition coefficient (Wildman–Crippen LogP) is 3.54. The van der Waals surface area contributed by atoms with Crippen molar-refractivity contribution in [2.75, 3.05) is 33.3 Å². The number of rotatable bonds is 6. The van der Waals surface area contributed by atoms with Gasteiger partial charge in [-0.1, -0.05) is 6.07 Å². The Morgan fingerprint density at radius 2 is 1.94 bits per heavy atom. The van der Waals surface area contributed by atoms with Crippen LogP contribution < -0.4 is 4.74 Å². The van der Waals surface area contributed by atoms with Crippen LogP contribution >= 0.6 is 0 Å². The highest BCUT2D eigenvalue weighted by atomic mass is 16.5. The highest BCUT2D eigenvalue weighted by Crippen LogP contribution is 2.55. The summed E-state index contributed by atoms with van der Waals surface area (Å²) in [4.78, 5) is 21.7. The number of nitrogens with one attached hydrogen (secondary N) is 1. The lowest BCUT2D eigenvalue weighted by Crippen LogP contribution is -2.65. The van der Waals surface area contributed by atoms with E-state index in [0.29, 0.717) is 29.8 Å². The van der Waals surface area contributed by atoms with Crippen LogP contribution in [0.1, 0.15) is 73.1 Å². The summed E-state index contributed by atoms with van der Waals surface area (Å²) in [5, 5.41) is 16.7. The molecule has 0 atom stereocenters. The number of hydrogen-bond donors (Lipinski definition) is 1. The smallest absolute Gasteiger partial charge is 0.320 e. The van der Waals surface area contributed by atoms with Crippen LogP contribution in [0.3, 0.4) is 0 Å². The molecule has 4 aliphatic rings. The monoisotopic (exact) mass is 476 g/mol. The number of methoxy groups -OCH3 is 1. The van der Waals surface area contributed by atoms with E-state index < -0.39 is 0 Å². The molecule has 2 aromatic rings. The molecule has 1 aromatic carbocycles. The first-order valence-corrected chi connectivity index (χ1v) is 12.7. The summed E-state index contributed by atoms with van der Waals surface area (Å²) < 4.78 is 11.4. The molecular weight excluding hydrogens is 444 g/mol. The molecule has 0 unspecified atom stereocenters. The van der Waals surface area contributed by atoms with E-state index in [1.807, 2.05) is 21.9 Å². The first-order valence-electron chi connectivity index (χ1n) is 12.7. The zero-order chi connectivity index (χ0) is 24.0. The average molecular weight is 477 g/mol. The van der Waals surface area contributed by atoms with Crippen molar-refractivity contribution in [2.45, 2.75) is 63.1 Å². The van der Waals surface area contributed by atoms with E-state index in [-0.39, 0.29) is 17.6 Å². The third-order valence-corrected chi connectivity index (χ3v) is 8.12. The van der Waals surface area contributed by atoms with Crippen LogP contribution in [0.5, 0.6) is 5.75 Å². The maximum absolute atomic E-state index is 13.0. The molecule has 2 aliphatic heterocycles. The number of aromatic amines is 1. The first-order chi connectivity index (χ1) is 17.1. The SMILES string of the molecule is COc1cc(COC2CCN(C(=O)N3CC4(CC(c5n[nH]c(C6CC6)n5)C4)C3)CC2)ccc1C#N.